The first-order valence-corrected chi connectivity index (χ1v) is 12.7. The number of hydrogen-bond acceptors (Lipinski definition) is 4. The van der Waals surface area contributed by atoms with E-state index in [0.29, 0.717) is 11.1 Å². The molecule has 0 aromatic heterocycles. The number of aryl methyl sites for hydroxylation is 4. The normalized spacial score (nSPS) is 12.7. The van der Waals surface area contributed by atoms with Crippen LogP contribution in [0.1, 0.15) is 22.3 Å². The van der Waals surface area contributed by atoms with Crippen molar-refractivity contribution in [3.8, 4) is 0 Å². The molecule has 0 saturated carbocycles. The van der Waals surface area contributed by atoms with Crippen LogP contribution in [0.3, 0.4) is 0 Å². The fraction of sp³-hybridized carbons (Fsp3) is 0.333. The van der Waals surface area contributed by atoms with E-state index in [2.05, 4.69) is 32.3 Å². The van der Waals surface area contributed by atoms with Crippen LogP contribution in [-0.2, 0) is 20.0 Å². The summed E-state index contributed by atoms with van der Waals surface area (Å²) in [6.07, 6.45) is 0. The van der Waals surface area contributed by atoms with Crippen molar-refractivity contribution in [3.05, 3.63) is 58.7 Å². The maximum atomic E-state index is 12.8. The van der Waals surface area contributed by atoms with Crippen molar-refractivity contribution in [2.24, 2.45) is 0 Å². The molecule has 2 aromatic rings. The van der Waals surface area contributed by atoms with Gasteiger partial charge in [0.2, 0.25) is 0 Å². The fourth-order valence-electron chi connectivity index (χ4n) is 2.58. The quantitative estimate of drug-likeness (QED) is 0.481. The molecule has 6 nitrogen and oxygen atoms in total. The van der Waals surface area contributed by atoms with Crippen LogP contribution in [0.25, 0.3) is 0 Å². The molecule has 0 aliphatic heterocycles. The van der Waals surface area contributed by atoms with E-state index >= 15 is 0 Å². The first-order chi connectivity index (χ1) is 12.9. The zero-order valence-electron chi connectivity index (χ0n) is 16.0. The van der Waals surface area contributed by atoms with E-state index < -0.39 is 20.0 Å². The highest BCUT2D eigenvalue weighted by Gasteiger charge is 2.28. The van der Waals surface area contributed by atoms with E-state index in [4.69, 9.17) is 0 Å². The van der Waals surface area contributed by atoms with Crippen LogP contribution in [0.2, 0.25) is 0 Å². The van der Waals surface area contributed by atoms with Crippen LogP contribution < -0.4 is 0 Å². The van der Waals surface area contributed by atoms with Crippen molar-refractivity contribution >= 4 is 52.3 Å². The van der Waals surface area contributed by atoms with Gasteiger partial charge in [-0.3, -0.25) is 0 Å². The second-order valence-electron chi connectivity index (χ2n) is 6.57. The number of halogens is 2. The van der Waals surface area contributed by atoms with E-state index in [1.165, 1.54) is 0 Å². The van der Waals surface area contributed by atoms with Gasteiger partial charge in [-0.2, -0.15) is 0 Å². The van der Waals surface area contributed by atoms with Gasteiger partial charge in [0.15, 0.2) is 0 Å². The van der Waals surface area contributed by atoms with E-state index in [1.54, 1.807) is 38.1 Å². The van der Waals surface area contributed by atoms with Crippen molar-refractivity contribution in [1.82, 2.24) is 6.66 Å². The number of nitrogens with zero attached hydrogens (tertiary/aromatic N) is 2. The monoisotopic (exact) mass is 552 g/mol. The summed E-state index contributed by atoms with van der Waals surface area (Å²) >= 11 is 6.15. The molecule has 0 unspecified atom stereocenters. The Labute approximate surface area is 184 Å². The van der Waals surface area contributed by atoms with E-state index in [1.807, 2.05) is 26.0 Å². The maximum Gasteiger partial charge on any atom is 0.252 e. The smallest absolute Gasteiger partial charge is 0.206 e. The average Bonchev–Trinajstić information content (AvgIpc) is 2.62. The Hall–Kier alpha value is -0.780. The lowest BCUT2D eigenvalue weighted by molar-refractivity contribution is 0.511. The summed E-state index contributed by atoms with van der Waals surface area (Å²) in [6.45, 7) is 6.90. The van der Waals surface area contributed by atoms with Crippen LogP contribution in [0, 0.1) is 27.7 Å². The van der Waals surface area contributed by atoms with Gasteiger partial charge in [-0.05, 0) is 62.1 Å². The lowest BCUT2D eigenvalue weighted by Crippen LogP contribution is -2.32. The third kappa shape index (κ3) is 5.03. The van der Waals surface area contributed by atoms with Crippen molar-refractivity contribution in [3.63, 3.8) is 0 Å². The third-order valence-corrected chi connectivity index (χ3v) is 10.6. The number of sulfonamides is 2. The molecule has 0 atom stereocenters. The first kappa shape index (κ1) is 23.5. The van der Waals surface area contributed by atoms with Crippen molar-refractivity contribution in [2.45, 2.75) is 37.5 Å². The summed E-state index contributed by atoms with van der Waals surface area (Å²) in [4.78, 5) is 0.366. The molecule has 0 heterocycles. The van der Waals surface area contributed by atoms with Gasteiger partial charge in [-0.25, -0.2) is 16.8 Å². The zero-order chi connectivity index (χ0) is 21.3. The van der Waals surface area contributed by atoms with Gasteiger partial charge in [0.25, 0.3) is 20.0 Å². The van der Waals surface area contributed by atoms with Crippen LogP contribution in [0.4, 0.5) is 0 Å². The minimum absolute atomic E-state index is 0.0783. The first-order valence-electron chi connectivity index (χ1n) is 8.39. The summed E-state index contributed by atoms with van der Waals surface area (Å²) in [5.74, 6) is 0. The largest absolute Gasteiger partial charge is 0.252 e. The molecule has 0 saturated heterocycles. The van der Waals surface area contributed by atoms with Crippen LogP contribution in [0.5, 0.6) is 0 Å². The van der Waals surface area contributed by atoms with Gasteiger partial charge in [-0.1, -0.05) is 24.3 Å². The summed E-state index contributed by atoms with van der Waals surface area (Å²) in [5, 5.41) is 0. The average molecular weight is 554 g/mol. The molecule has 0 fully saturated rings. The Balaban J connectivity index is 2.20. The van der Waals surface area contributed by atoms with Crippen LogP contribution in [-0.4, -0.2) is 36.6 Å². The highest BCUT2D eigenvalue weighted by molar-refractivity contribution is 9.09. The minimum atomic E-state index is -3.81. The summed E-state index contributed by atoms with van der Waals surface area (Å²) in [6, 6.07) is 10.3. The molecule has 2 aromatic carbocycles. The lowest BCUT2D eigenvalue weighted by Gasteiger charge is -2.20. The Kier molecular flexibility index (Phi) is 7.49. The molecule has 2 rings (SSSR count). The molecule has 0 aliphatic carbocycles. The van der Waals surface area contributed by atoms with Crippen LogP contribution >= 0.6 is 32.3 Å². The predicted molar refractivity (Wildman–Crippen MR) is 117 cm³/mol. The second kappa shape index (κ2) is 8.93. The van der Waals surface area contributed by atoms with Crippen molar-refractivity contribution < 1.29 is 16.8 Å². The molecule has 0 bridgehead atoms. The predicted octanol–water partition coefficient (Wildman–Crippen LogP) is 4.22. The van der Waals surface area contributed by atoms with Crippen LogP contribution in [0.15, 0.2) is 46.2 Å². The van der Waals surface area contributed by atoms with Gasteiger partial charge < -0.3 is 0 Å². The molecule has 154 valence electrons. The SMILES string of the molecule is Cc1ccc(C)c(S(=O)(=O)N(Br)CCN(Br)S(=O)(=O)c2cc(C)ccc2C)c1. The third-order valence-electron chi connectivity index (χ3n) is 4.22. The Bertz CT molecular complexity index is 999. The number of hydrogen-bond donors (Lipinski definition) is 0. The molecule has 0 amide bonds. The highest BCUT2D eigenvalue weighted by Crippen LogP contribution is 2.26. The molecule has 0 radical (unpaired) electrons. The highest BCUT2D eigenvalue weighted by atomic mass is 79.9. The van der Waals surface area contributed by atoms with Gasteiger partial charge in [0.05, 0.1) is 9.79 Å². The van der Waals surface area contributed by atoms with Gasteiger partial charge >= 0.3 is 0 Å². The fourth-order valence-corrected chi connectivity index (χ4v) is 6.52. The standard InChI is InChI=1S/C18H22Br2N2O4S2/c1-13-5-7-15(3)17(11-13)27(23,24)21(19)9-10-22(20)28(25,26)18-12-14(2)6-8-16(18)4/h5-8,11-12H,9-10H2,1-4H3. The van der Waals surface area contributed by atoms with E-state index in [0.717, 1.165) is 17.8 Å². The number of benzene rings is 2. The molecule has 10 heteroatoms. The molecule has 28 heavy (non-hydrogen) atoms. The molecular formula is C18H22Br2N2O4S2. The van der Waals surface area contributed by atoms with Crippen molar-refractivity contribution in [2.75, 3.05) is 13.1 Å². The zero-order valence-corrected chi connectivity index (χ0v) is 20.8. The Morgan fingerprint density at radius 1 is 0.679 bits per heavy atom. The van der Waals surface area contributed by atoms with Gasteiger partial charge in [0.1, 0.15) is 0 Å². The summed E-state index contributed by atoms with van der Waals surface area (Å²) in [5.41, 5.74) is 2.89. The molecule has 0 N–H and O–H groups in total. The van der Waals surface area contributed by atoms with Gasteiger partial charge in [0, 0.05) is 45.4 Å². The molecular weight excluding hydrogens is 532 g/mol. The summed E-state index contributed by atoms with van der Waals surface area (Å²) in [7, 11) is -7.61. The molecule has 0 spiro atoms. The lowest BCUT2D eigenvalue weighted by atomic mass is 10.2. The minimum Gasteiger partial charge on any atom is -0.206 e. The molecule has 0 aliphatic rings. The second-order valence-corrected chi connectivity index (χ2v) is 12.9. The number of rotatable bonds is 7. The van der Waals surface area contributed by atoms with Crippen molar-refractivity contribution in [1.29, 1.82) is 0 Å². The van der Waals surface area contributed by atoms with Gasteiger partial charge in [-0.15, -0.1) is 6.66 Å². The van der Waals surface area contributed by atoms with E-state index in [-0.39, 0.29) is 22.9 Å². The Morgan fingerprint density at radius 2 is 1.00 bits per heavy atom. The topological polar surface area (TPSA) is 74.8 Å². The van der Waals surface area contributed by atoms with E-state index in [9.17, 15) is 16.8 Å². The maximum absolute atomic E-state index is 12.8. The summed E-state index contributed by atoms with van der Waals surface area (Å²) < 4.78 is 53.3. The Morgan fingerprint density at radius 3 is 1.32 bits per heavy atom.